The van der Waals surface area contributed by atoms with Gasteiger partial charge in [-0.2, -0.15) is 0 Å². The molecule has 0 heterocycles. The quantitative estimate of drug-likeness (QED) is 0.504. The number of aliphatic hydroxyl groups is 3. The first-order valence-electron chi connectivity index (χ1n) is 11.9. The van der Waals surface area contributed by atoms with Crippen LogP contribution < -0.4 is 0 Å². The van der Waals surface area contributed by atoms with Gasteiger partial charge in [-0.15, -0.1) is 0 Å². The molecule has 3 aliphatic rings. The molecule has 0 aromatic rings. The summed E-state index contributed by atoms with van der Waals surface area (Å²) in [4.78, 5) is 0. The Morgan fingerprint density at radius 2 is 1.87 bits per heavy atom. The fraction of sp³-hybridized carbons (Fsp3) is 0.704. The van der Waals surface area contributed by atoms with Crippen molar-refractivity contribution in [2.45, 2.75) is 96.4 Å². The second-order valence-electron chi connectivity index (χ2n) is 10.7. The topological polar surface area (TPSA) is 60.7 Å². The Bertz CT molecular complexity index is 708. The van der Waals surface area contributed by atoms with E-state index in [0.29, 0.717) is 23.5 Å². The van der Waals surface area contributed by atoms with Gasteiger partial charge in [0.15, 0.2) is 0 Å². The molecule has 3 nitrogen and oxygen atoms in total. The lowest BCUT2D eigenvalue weighted by Gasteiger charge is -2.34. The van der Waals surface area contributed by atoms with E-state index in [2.05, 4.69) is 32.2 Å². The van der Waals surface area contributed by atoms with Crippen molar-refractivity contribution in [3.8, 4) is 0 Å². The van der Waals surface area contributed by atoms with E-state index in [-0.39, 0.29) is 0 Å². The minimum Gasteiger partial charge on any atom is -0.390 e. The van der Waals surface area contributed by atoms with E-state index in [9.17, 15) is 15.3 Å². The molecular formula is C27H42O3. The van der Waals surface area contributed by atoms with Gasteiger partial charge in [0.05, 0.1) is 11.7 Å². The van der Waals surface area contributed by atoms with Gasteiger partial charge in [-0.05, 0) is 92.8 Å². The Kier molecular flexibility index (Phi) is 7.48. The van der Waals surface area contributed by atoms with Crippen LogP contribution in [0, 0.1) is 23.7 Å². The van der Waals surface area contributed by atoms with Crippen molar-refractivity contribution in [1.29, 1.82) is 0 Å². The van der Waals surface area contributed by atoms with Crippen LogP contribution in [0.3, 0.4) is 0 Å². The Balaban J connectivity index is 1.65. The summed E-state index contributed by atoms with van der Waals surface area (Å²) in [6.45, 7) is 14.1. The predicted octanol–water partition coefficient (Wildman–Crippen LogP) is 5.48. The van der Waals surface area contributed by atoms with E-state index in [0.717, 1.165) is 42.6 Å². The van der Waals surface area contributed by atoms with E-state index < -0.39 is 17.8 Å². The smallest absolute Gasteiger partial charge is 0.102 e. The Morgan fingerprint density at radius 3 is 2.57 bits per heavy atom. The van der Waals surface area contributed by atoms with E-state index >= 15 is 0 Å². The number of rotatable bonds is 6. The van der Waals surface area contributed by atoms with Crippen LogP contribution in [0.4, 0.5) is 0 Å². The summed E-state index contributed by atoms with van der Waals surface area (Å²) in [5, 5.41) is 30.4. The Morgan fingerprint density at radius 1 is 1.13 bits per heavy atom. The lowest BCUT2D eigenvalue weighted by molar-refractivity contribution is 0.0651. The van der Waals surface area contributed by atoms with Crippen LogP contribution >= 0.6 is 0 Å². The maximum Gasteiger partial charge on any atom is 0.102 e. The van der Waals surface area contributed by atoms with Gasteiger partial charge in [0.2, 0.25) is 0 Å². The summed E-state index contributed by atoms with van der Waals surface area (Å²) in [6, 6.07) is 0. The zero-order valence-corrected chi connectivity index (χ0v) is 19.2. The summed E-state index contributed by atoms with van der Waals surface area (Å²) < 4.78 is 0. The first kappa shape index (κ1) is 23.5. The molecule has 3 aliphatic carbocycles. The van der Waals surface area contributed by atoms with E-state index in [1.165, 1.54) is 32.1 Å². The van der Waals surface area contributed by atoms with E-state index in [1.807, 2.05) is 13.8 Å². The fourth-order valence-corrected chi connectivity index (χ4v) is 6.12. The molecule has 168 valence electrons. The number of aliphatic hydroxyl groups excluding tert-OH is 2. The molecule has 6 atom stereocenters. The molecule has 3 rings (SSSR count). The number of allylic oxidation sites excluding steroid dienone is 3. The standard InChI is InChI=1S/C27H42O3/c1-17(8-7-15-27(4,5)30)22-13-14-23-20(9-6-10-24(22)23)11-12-21-16-25(28)19(3)26(29)18(21)2/h11-12,17,22-26,28-30H,2-3,6-10,13-16H2,1,4-5H3/b20-11+,21-12-/t17-,22+,23+,24?,25-,26-/m1/s1. The van der Waals surface area contributed by atoms with Gasteiger partial charge >= 0.3 is 0 Å². The van der Waals surface area contributed by atoms with E-state index in [4.69, 9.17) is 0 Å². The van der Waals surface area contributed by atoms with Gasteiger partial charge in [-0.25, -0.2) is 0 Å². The van der Waals surface area contributed by atoms with Gasteiger partial charge in [-0.3, -0.25) is 0 Å². The molecule has 0 aromatic carbocycles. The molecular weight excluding hydrogens is 372 g/mol. The molecule has 3 fully saturated rings. The third kappa shape index (κ3) is 5.36. The van der Waals surface area contributed by atoms with Crippen molar-refractivity contribution in [2.24, 2.45) is 23.7 Å². The zero-order valence-electron chi connectivity index (χ0n) is 19.2. The highest BCUT2D eigenvalue weighted by Crippen LogP contribution is 2.51. The maximum absolute atomic E-state index is 10.3. The van der Waals surface area contributed by atoms with E-state index in [1.54, 1.807) is 5.57 Å². The normalized spacial score (nSPS) is 36.4. The fourth-order valence-electron chi connectivity index (χ4n) is 6.12. The van der Waals surface area contributed by atoms with Crippen LogP contribution in [-0.4, -0.2) is 33.1 Å². The van der Waals surface area contributed by atoms with Crippen molar-refractivity contribution in [2.75, 3.05) is 0 Å². The van der Waals surface area contributed by atoms with Crippen LogP contribution in [0.2, 0.25) is 0 Å². The van der Waals surface area contributed by atoms with Gasteiger partial charge in [0, 0.05) is 6.42 Å². The summed E-state index contributed by atoms with van der Waals surface area (Å²) in [6.07, 6.45) is 12.9. The Labute approximate surface area is 183 Å². The van der Waals surface area contributed by atoms with Crippen molar-refractivity contribution >= 4 is 0 Å². The van der Waals surface area contributed by atoms with Gasteiger partial charge in [-0.1, -0.05) is 50.6 Å². The van der Waals surface area contributed by atoms with Crippen LogP contribution in [-0.2, 0) is 0 Å². The highest BCUT2D eigenvalue weighted by atomic mass is 16.3. The predicted molar refractivity (Wildman–Crippen MR) is 124 cm³/mol. The molecule has 0 bridgehead atoms. The third-order valence-electron chi connectivity index (χ3n) is 7.97. The molecule has 1 unspecified atom stereocenters. The molecule has 0 saturated heterocycles. The molecule has 0 aliphatic heterocycles. The molecule has 3 heteroatoms. The number of hydrogen-bond donors (Lipinski definition) is 3. The van der Waals surface area contributed by atoms with Crippen molar-refractivity contribution in [1.82, 2.24) is 0 Å². The second kappa shape index (κ2) is 9.54. The molecule has 0 radical (unpaired) electrons. The average Bonchev–Trinajstić information content (AvgIpc) is 3.12. The molecule has 0 amide bonds. The lowest BCUT2D eigenvalue weighted by atomic mass is 9.71. The molecule has 0 aromatic heterocycles. The average molecular weight is 415 g/mol. The highest BCUT2D eigenvalue weighted by molar-refractivity contribution is 5.45. The van der Waals surface area contributed by atoms with Crippen molar-refractivity contribution in [3.05, 3.63) is 47.6 Å². The second-order valence-corrected chi connectivity index (χ2v) is 10.7. The van der Waals surface area contributed by atoms with Gasteiger partial charge < -0.3 is 15.3 Å². The summed E-state index contributed by atoms with van der Waals surface area (Å²) >= 11 is 0. The minimum absolute atomic E-state index is 0.458. The lowest BCUT2D eigenvalue weighted by Crippen LogP contribution is -2.29. The van der Waals surface area contributed by atoms with Crippen molar-refractivity contribution < 1.29 is 15.3 Å². The van der Waals surface area contributed by atoms with Gasteiger partial charge in [0.25, 0.3) is 0 Å². The summed E-state index contributed by atoms with van der Waals surface area (Å²) in [5.74, 6) is 2.98. The maximum atomic E-state index is 10.3. The monoisotopic (exact) mass is 414 g/mol. The van der Waals surface area contributed by atoms with Gasteiger partial charge in [0.1, 0.15) is 6.10 Å². The van der Waals surface area contributed by atoms with Crippen LogP contribution in [0.5, 0.6) is 0 Å². The van der Waals surface area contributed by atoms with Crippen LogP contribution in [0.25, 0.3) is 0 Å². The molecule has 0 spiro atoms. The van der Waals surface area contributed by atoms with Crippen LogP contribution in [0.1, 0.15) is 78.6 Å². The molecule has 3 saturated carbocycles. The Hall–Kier alpha value is -1.16. The summed E-state index contributed by atoms with van der Waals surface area (Å²) in [5.41, 5.74) is 3.08. The first-order chi connectivity index (χ1) is 14.1. The molecule has 3 N–H and O–H groups in total. The summed E-state index contributed by atoms with van der Waals surface area (Å²) in [7, 11) is 0. The highest BCUT2D eigenvalue weighted by Gasteiger charge is 2.41. The minimum atomic E-state index is -0.835. The zero-order chi connectivity index (χ0) is 22.1. The van der Waals surface area contributed by atoms with Crippen molar-refractivity contribution in [3.63, 3.8) is 0 Å². The van der Waals surface area contributed by atoms with Crippen LogP contribution in [0.15, 0.2) is 47.6 Å². The third-order valence-corrected chi connectivity index (χ3v) is 7.97. The molecule has 30 heavy (non-hydrogen) atoms. The SMILES string of the molecule is C=C1/C(=C\C=C2/CCCC3[C@H]([C@H](C)CCCC(C)(C)O)CC[C@@H]23)C[C@@H](O)C(=C)[C@@H]1O. The first-order valence-corrected chi connectivity index (χ1v) is 11.9. The largest absolute Gasteiger partial charge is 0.390 e. The number of hydrogen-bond acceptors (Lipinski definition) is 3. The number of fused-ring (bicyclic) bond motifs is 1.